The first kappa shape index (κ1) is 19.2. The van der Waals surface area contributed by atoms with Gasteiger partial charge in [0.25, 0.3) is 0 Å². The van der Waals surface area contributed by atoms with Crippen molar-refractivity contribution in [1.29, 1.82) is 0 Å². The molecule has 0 spiro atoms. The largest absolute Gasteiger partial charge is 0.374 e. The number of nitrogens with zero attached hydrogens (tertiary/aromatic N) is 3. The number of aliphatic imine (C=N–C) groups is 1. The third-order valence-corrected chi connectivity index (χ3v) is 6.94. The van der Waals surface area contributed by atoms with Crippen LogP contribution in [0.25, 0.3) is 10.2 Å². The molecule has 2 N–H and O–H groups in total. The van der Waals surface area contributed by atoms with E-state index in [0.717, 1.165) is 42.8 Å². The van der Waals surface area contributed by atoms with Crippen molar-refractivity contribution in [1.82, 2.24) is 15.2 Å². The fourth-order valence-electron chi connectivity index (χ4n) is 4.76. The lowest BCUT2D eigenvalue weighted by atomic mass is 9.82. The maximum atomic E-state index is 6.07. The lowest BCUT2D eigenvalue weighted by molar-refractivity contribution is 0.0767. The van der Waals surface area contributed by atoms with Gasteiger partial charge in [0.15, 0.2) is 11.1 Å². The fourth-order valence-corrected chi connectivity index (χ4v) is 5.65. The van der Waals surface area contributed by atoms with Crippen LogP contribution in [0.4, 0.5) is 5.13 Å². The highest BCUT2D eigenvalue weighted by Crippen LogP contribution is 2.47. The number of benzene rings is 1. The average Bonchev–Trinajstić information content (AvgIpc) is 3.41. The Morgan fingerprint density at radius 1 is 1.22 bits per heavy atom. The number of hydrogen-bond donors (Lipinski definition) is 2. The lowest BCUT2D eigenvalue weighted by Crippen LogP contribution is -2.42. The lowest BCUT2D eigenvalue weighted by Gasteiger charge is -2.23. The molecule has 0 aliphatic carbocycles. The van der Waals surface area contributed by atoms with Crippen molar-refractivity contribution in [3.05, 3.63) is 24.3 Å². The smallest absolute Gasteiger partial charge is 0.193 e. The first-order chi connectivity index (χ1) is 12.8. The molecule has 3 aliphatic rings. The molecule has 0 radical (unpaired) electrons. The van der Waals surface area contributed by atoms with Gasteiger partial charge in [-0.25, -0.2) is 4.98 Å². The van der Waals surface area contributed by atoms with Gasteiger partial charge in [-0.05, 0) is 25.0 Å². The van der Waals surface area contributed by atoms with Crippen LogP contribution < -0.4 is 10.6 Å². The van der Waals surface area contributed by atoms with E-state index in [2.05, 4.69) is 43.7 Å². The SMILES string of the molecule is CN=C(NCCNc1nc2ccccc2s1)N1CC2C3CCC(O3)C2C1.I. The number of guanidine groups is 1. The molecule has 8 heteroatoms. The highest BCUT2D eigenvalue weighted by molar-refractivity contribution is 14.0. The van der Waals surface area contributed by atoms with E-state index in [1.165, 1.54) is 17.5 Å². The summed E-state index contributed by atoms with van der Waals surface area (Å²) in [5, 5.41) is 7.90. The fraction of sp³-hybridized carbons (Fsp3) is 0.579. The number of hydrogen-bond acceptors (Lipinski definition) is 5. The van der Waals surface area contributed by atoms with Gasteiger partial charge in [-0.2, -0.15) is 0 Å². The second-order valence-electron chi connectivity index (χ2n) is 7.41. The molecular formula is C19H26IN5OS. The van der Waals surface area contributed by atoms with Crippen LogP contribution in [0.3, 0.4) is 0 Å². The minimum absolute atomic E-state index is 0. The topological polar surface area (TPSA) is 61.8 Å². The van der Waals surface area contributed by atoms with Crippen LogP contribution in [0.15, 0.2) is 29.3 Å². The Balaban J connectivity index is 0.00000180. The van der Waals surface area contributed by atoms with Crippen LogP contribution in [0.1, 0.15) is 12.8 Å². The van der Waals surface area contributed by atoms with E-state index in [9.17, 15) is 0 Å². The molecule has 6 nitrogen and oxygen atoms in total. The Labute approximate surface area is 180 Å². The Bertz CT molecular complexity index is 776. The van der Waals surface area contributed by atoms with Crippen LogP contribution in [0.5, 0.6) is 0 Å². The second kappa shape index (κ2) is 8.08. The van der Waals surface area contributed by atoms with Crippen molar-refractivity contribution in [2.75, 3.05) is 38.5 Å². The summed E-state index contributed by atoms with van der Waals surface area (Å²) in [4.78, 5) is 11.5. The van der Waals surface area contributed by atoms with Crippen LogP contribution in [0.2, 0.25) is 0 Å². The molecule has 2 aromatic rings. The quantitative estimate of drug-likeness (QED) is 0.293. The molecule has 4 atom stereocenters. The summed E-state index contributed by atoms with van der Waals surface area (Å²) in [6.45, 7) is 3.82. The van der Waals surface area contributed by atoms with Gasteiger partial charge in [-0.15, -0.1) is 24.0 Å². The number of anilines is 1. The van der Waals surface area contributed by atoms with Crippen molar-refractivity contribution >= 4 is 56.6 Å². The summed E-state index contributed by atoms with van der Waals surface area (Å²) < 4.78 is 7.29. The molecule has 27 heavy (non-hydrogen) atoms. The van der Waals surface area contributed by atoms with E-state index in [4.69, 9.17) is 4.74 Å². The molecule has 0 saturated carbocycles. The minimum atomic E-state index is 0. The Kier molecular flexibility index (Phi) is 5.75. The first-order valence-corrected chi connectivity index (χ1v) is 10.3. The van der Waals surface area contributed by atoms with E-state index >= 15 is 0 Å². The standard InChI is InChI=1S/C19H25N5OS.HI/c1-20-18(24-10-12-13(11-24)16-7-6-15(12)25-16)21-8-9-22-19-23-14-4-2-3-5-17(14)26-19;/h2-5,12-13,15-16H,6-11H2,1H3,(H,20,21)(H,22,23);1H. The second-order valence-corrected chi connectivity index (χ2v) is 8.44. The number of rotatable bonds is 4. The molecule has 3 aliphatic heterocycles. The van der Waals surface area contributed by atoms with E-state index in [0.29, 0.717) is 24.0 Å². The number of halogens is 1. The zero-order valence-corrected chi connectivity index (χ0v) is 18.6. The highest BCUT2D eigenvalue weighted by Gasteiger charge is 2.53. The normalized spacial score (nSPS) is 29.1. The molecule has 4 heterocycles. The third kappa shape index (κ3) is 3.63. The van der Waals surface area contributed by atoms with Crippen molar-refractivity contribution in [3.8, 4) is 0 Å². The molecule has 146 valence electrons. The van der Waals surface area contributed by atoms with Crippen LogP contribution in [0, 0.1) is 11.8 Å². The Morgan fingerprint density at radius 2 is 1.96 bits per heavy atom. The number of aromatic nitrogens is 1. The van der Waals surface area contributed by atoms with Gasteiger partial charge in [0.1, 0.15) is 0 Å². The molecule has 5 rings (SSSR count). The van der Waals surface area contributed by atoms with Crippen molar-refractivity contribution < 1.29 is 4.74 Å². The van der Waals surface area contributed by atoms with Crippen LogP contribution >= 0.6 is 35.3 Å². The molecule has 1 aromatic heterocycles. The zero-order valence-electron chi connectivity index (χ0n) is 15.4. The van der Waals surface area contributed by atoms with E-state index in [1.54, 1.807) is 11.3 Å². The van der Waals surface area contributed by atoms with E-state index in [-0.39, 0.29) is 24.0 Å². The molecule has 0 amide bonds. The predicted molar refractivity (Wildman–Crippen MR) is 121 cm³/mol. The van der Waals surface area contributed by atoms with Gasteiger partial charge in [0, 0.05) is 45.1 Å². The van der Waals surface area contributed by atoms with Crippen LogP contribution in [-0.4, -0.2) is 61.3 Å². The molecule has 1 aromatic carbocycles. The summed E-state index contributed by atoms with van der Waals surface area (Å²) in [6.07, 6.45) is 3.48. The summed E-state index contributed by atoms with van der Waals surface area (Å²) in [5.41, 5.74) is 1.06. The molecule has 3 fully saturated rings. The average molecular weight is 499 g/mol. The van der Waals surface area contributed by atoms with Crippen molar-refractivity contribution in [2.24, 2.45) is 16.8 Å². The minimum Gasteiger partial charge on any atom is -0.374 e. The van der Waals surface area contributed by atoms with Gasteiger partial charge >= 0.3 is 0 Å². The monoisotopic (exact) mass is 499 g/mol. The molecule has 4 unspecified atom stereocenters. The van der Waals surface area contributed by atoms with Gasteiger partial charge in [-0.1, -0.05) is 23.5 Å². The van der Waals surface area contributed by atoms with Crippen LogP contribution in [-0.2, 0) is 4.74 Å². The number of para-hydroxylation sites is 1. The molecule has 2 bridgehead atoms. The van der Waals surface area contributed by atoms with Gasteiger partial charge in [0.2, 0.25) is 0 Å². The van der Waals surface area contributed by atoms with E-state index < -0.39 is 0 Å². The molecule has 3 saturated heterocycles. The Morgan fingerprint density at radius 3 is 2.67 bits per heavy atom. The number of ether oxygens (including phenoxy) is 1. The maximum absolute atomic E-state index is 6.07. The number of fused-ring (bicyclic) bond motifs is 6. The molecular weight excluding hydrogens is 473 g/mol. The third-order valence-electron chi connectivity index (χ3n) is 5.94. The summed E-state index contributed by atoms with van der Waals surface area (Å²) in [7, 11) is 1.88. The summed E-state index contributed by atoms with van der Waals surface area (Å²) >= 11 is 1.70. The summed E-state index contributed by atoms with van der Waals surface area (Å²) in [6, 6.07) is 8.25. The maximum Gasteiger partial charge on any atom is 0.193 e. The number of likely N-dealkylation sites (tertiary alicyclic amines) is 1. The number of nitrogens with one attached hydrogen (secondary N) is 2. The van der Waals surface area contributed by atoms with Gasteiger partial charge in [0.05, 0.1) is 22.4 Å². The van der Waals surface area contributed by atoms with Gasteiger partial charge in [-0.3, -0.25) is 4.99 Å². The Hall–Kier alpha value is -1.13. The highest BCUT2D eigenvalue weighted by atomic mass is 127. The predicted octanol–water partition coefficient (Wildman–Crippen LogP) is 3.01. The first-order valence-electron chi connectivity index (χ1n) is 9.52. The summed E-state index contributed by atoms with van der Waals surface area (Å²) in [5.74, 6) is 2.42. The van der Waals surface area contributed by atoms with Gasteiger partial charge < -0.3 is 20.3 Å². The van der Waals surface area contributed by atoms with Crippen molar-refractivity contribution in [3.63, 3.8) is 0 Å². The van der Waals surface area contributed by atoms with E-state index in [1.807, 2.05) is 13.1 Å². The van der Waals surface area contributed by atoms with Crippen molar-refractivity contribution in [2.45, 2.75) is 25.0 Å². The number of thiazole rings is 1. The zero-order chi connectivity index (χ0) is 17.5.